The summed E-state index contributed by atoms with van der Waals surface area (Å²) in [6.07, 6.45) is 0. The maximum atomic E-state index is 13.9. The van der Waals surface area contributed by atoms with Gasteiger partial charge < -0.3 is 10.0 Å². The van der Waals surface area contributed by atoms with Gasteiger partial charge in [0.25, 0.3) is 0 Å². The molecule has 0 aromatic heterocycles. The minimum Gasteiger partial charge on any atom is -0.508 e. The third kappa shape index (κ3) is 3.70. The van der Waals surface area contributed by atoms with Crippen LogP contribution < -0.4 is 0 Å². The van der Waals surface area contributed by atoms with Gasteiger partial charge in [0.2, 0.25) is 0 Å². The molecular weight excluding hydrogens is 255 g/mol. The summed E-state index contributed by atoms with van der Waals surface area (Å²) in [5, 5.41) is 9.29. The molecule has 20 heavy (non-hydrogen) atoms. The molecule has 1 fully saturated rings. The first-order valence-electron chi connectivity index (χ1n) is 7.42. The molecular formula is C16H25FN2O. The van der Waals surface area contributed by atoms with Gasteiger partial charge in [0, 0.05) is 50.4 Å². The summed E-state index contributed by atoms with van der Waals surface area (Å²) in [4.78, 5) is 4.79. The molecule has 0 bridgehead atoms. The molecule has 1 aromatic rings. The molecule has 1 heterocycles. The molecule has 0 amide bonds. The third-order valence-corrected chi connectivity index (χ3v) is 4.01. The molecule has 1 aromatic carbocycles. The van der Waals surface area contributed by atoms with Gasteiger partial charge in [-0.3, -0.25) is 4.90 Å². The van der Waals surface area contributed by atoms with Gasteiger partial charge in [-0.15, -0.1) is 0 Å². The highest BCUT2D eigenvalue weighted by molar-refractivity contribution is 5.29. The van der Waals surface area contributed by atoms with E-state index in [1.807, 2.05) is 6.92 Å². The van der Waals surface area contributed by atoms with Gasteiger partial charge in [-0.2, -0.15) is 0 Å². The molecule has 4 heteroatoms. The number of halogens is 1. The molecule has 2 rings (SSSR count). The van der Waals surface area contributed by atoms with Crippen LogP contribution in [0.25, 0.3) is 0 Å². The van der Waals surface area contributed by atoms with Crippen LogP contribution in [0.5, 0.6) is 5.75 Å². The van der Waals surface area contributed by atoms with E-state index >= 15 is 0 Å². The van der Waals surface area contributed by atoms with E-state index in [1.54, 1.807) is 12.1 Å². The van der Waals surface area contributed by atoms with Crippen LogP contribution in [-0.4, -0.2) is 47.6 Å². The average molecular weight is 280 g/mol. The lowest BCUT2D eigenvalue weighted by molar-refractivity contribution is 0.0935. The zero-order chi connectivity index (χ0) is 14.7. The normalized spacial score (nSPS) is 19.4. The Morgan fingerprint density at radius 3 is 2.35 bits per heavy atom. The Morgan fingerprint density at radius 2 is 1.80 bits per heavy atom. The van der Waals surface area contributed by atoms with Crippen LogP contribution in [0.2, 0.25) is 0 Å². The highest BCUT2D eigenvalue weighted by Crippen LogP contribution is 2.26. The second kappa shape index (κ2) is 6.55. The van der Waals surface area contributed by atoms with Gasteiger partial charge >= 0.3 is 0 Å². The van der Waals surface area contributed by atoms with Crippen molar-refractivity contribution in [1.29, 1.82) is 0 Å². The molecule has 0 radical (unpaired) electrons. The van der Waals surface area contributed by atoms with E-state index in [9.17, 15) is 9.50 Å². The summed E-state index contributed by atoms with van der Waals surface area (Å²) in [7, 11) is 0. The van der Waals surface area contributed by atoms with Gasteiger partial charge in [0.15, 0.2) is 0 Å². The minimum atomic E-state index is -0.317. The van der Waals surface area contributed by atoms with Gasteiger partial charge in [-0.05, 0) is 18.9 Å². The lowest BCUT2D eigenvalue weighted by Gasteiger charge is -2.38. The molecule has 0 spiro atoms. The maximum absolute atomic E-state index is 13.9. The predicted molar refractivity (Wildman–Crippen MR) is 79.3 cm³/mol. The van der Waals surface area contributed by atoms with Crippen molar-refractivity contribution in [3.63, 3.8) is 0 Å². The first-order valence-corrected chi connectivity index (χ1v) is 7.42. The summed E-state index contributed by atoms with van der Waals surface area (Å²) in [6.45, 7) is 11.7. The van der Waals surface area contributed by atoms with E-state index in [-0.39, 0.29) is 17.6 Å². The van der Waals surface area contributed by atoms with Gasteiger partial charge in [-0.25, -0.2) is 4.39 Å². The third-order valence-electron chi connectivity index (χ3n) is 4.01. The second-order valence-electron chi connectivity index (χ2n) is 6.11. The van der Waals surface area contributed by atoms with Crippen LogP contribution in [0, 0.1) is 11.7 Å². The summed E-state index contributed by atoms with van der Waals surface area (Å²) >= 11 is 0. The molecule has 1 aliphatic heterocycles. The molecule has 1 atom stereocenters. The fourth-order valence-electron chi connectivity index (χ4n) is 2.90. The summed E-state index contributed by atoms with van der Waals surface area (Å²) in [6, 6.07) is 4.50. The van der Waals surface area contributed by atoms with Crippen LogP contribution in [0.4, 0.5) is 4.39 Å². The monoisotopic (exact) mass is 280 g/mol. The first-order chi connectivity index (χ1) is 9.47. The van der Waals surface area contributed by atoms with Crippen molar-refractivity contribution in [1.82, 2.24) is 9.80 Å². The molecule has 1 unspecified atom stereocenters. The van der Waals surface area contributed by atoms with Crippen molar-refractivity contribution in [3.8, 4) is 5.75 Å². The van der Waals surface area contributed by atoms with Crippen molar-refractivity contribution in [2.24, 2.45) is 5.92 Å². The zero-order valence-corrected chi connectivity index (χ0v) is 12.6. The quantitative estimate of drug-likeness (QED) is 0.918. The fourth-order valence-corrected chi connectivity index (χ4v) is 2.90. The summed E-state index contributed by atoms with van der Waals surface area (Å²) in [5.74, 6) is 0.357. The topological polar surface area (TPSA) is 26.7 Å². The predicted octanol–water partition coefficient (Wildman–Crippen LogP) is 2.87. The molecule has 1 saturated heterocycles. The molecule has 0 aliphatic carbocycles. The largest absolute Gasteiger partial charge is 0.508 e. The SMILES string of the molecule is CC(C)CN1CCN(C(C)c2ccc(O)cc2F)CC1. The van der Waals surface area contributed by atoms with Crippen molar-refractivity contribution in [2.45, 2.75) is 26.8 Å². The Morgan fingerprint density at radius 1 is 1.15 bits per heavy atom. The van der Waals surface area contributed by atoms with Crippen LogP contribution in [0.3, 0.4) is 0 Å². The van der Waals surface area contributed by atoms with Crippen LogP contribution in [0.15, 0.2) is 18.2 Å². The van der Waals surface area contributed by atoms with Gasteiger partial charge in [0.1, 0.15) is 11.6 Å². The smallest absolute Gasteiger partial charge is 0.131 e. The maximum Gasteiger partial charge on any atom is 0.131 e. The van der Waals surface area contributed by atoms with Crippen molar-refractivity contribution in [2.75, 3.05) is 32.7 Å². The minimum absolute atomic E-state index is 0.0137. The highest BCUT2D eigenvalue weighted by atomic mass is 19.1. The number of piperazine rings is 1. The van der Waals surface area contributed by atoms with Gasteiger partial charge in [-0.1, -0.05) is 19.9 Å². The summed E-state index contributed by atoms with van der Waals surface area (Å²) in [5.41, 5.74) is 0.667. The number of hydrogen-bond donors (Lipinski definition) is 1. The van der Waals surface area contributed by atoms with E-state index in [0.29, 0.717) is 11.5 Å². The number of benzene rings is 1. The van der Waals surface area contributed by atoms with Crippen LogP contribution in [-0.2, 0) is 0 Å². The van der Waals surface area contributed by atoms with Crippen LogP contribution in [0.1, 0.15) is 32.4 Å². The van der Waals surface area contributed by atoms with E-state index in [4.69, 9.17) is 0 Å². The Hall–Kier alpha value is -1.13. The molecule has 112 valence electrons. The molecule has 1 aliphatic rings. The van der Waals surface area contributed by atoms with E-state index in [2.05, 4.69) is 23.6 Å². The Labute approximate surface area is 121 Å². The van der Waals surface area contributed by atoms with E-state index in [0.717, 1.165) is 32.7 Å². The van der Waals surface area contributed by atoms with Crippen molar-refractivity contribution < 1.29 is 9.50 Å². The van der Waals surface area contributed by atoms with Crippen molar-refractivity contribution in [3.05, 3.63) is 29.6 Å². The summed E-state index contributed by atoms with van der Waals surface area (Å²) < 4.78 is 13.9. The fraction of sp³-hybridized carbons (Fsp3) is 0.625. The Balaban J connectivity index is 1.96. The van der Waals surface area contributed by atoms with Gasteiger partial charge in [0.05, 0.1) is 0 Å². The second-order valence-corrected chi connectivity index (χ2v) is 6.11. The zero-order valence-electron chi connectivity index (χ0n) is 12.6. The van der Waals surface area contributed by atoms with E-state index in [1.165, 1.54) is 6.07 Å². The van der Waals surface area contributed by atoms with Crippen molar-refractivity contribution >= 4 is 0 Å². The average Bonchev–Trinajstić information content (AvgIpc) is 2.38. The number of phenols is 1. The lowest BCUT2D eigenvalue weighted by Crippen LogP contribution is -2.48. The molecule has 1 N–H and O–H groups in total. The molecule has 3 nitrogen and oxygen atoms in total. The van der Waals surface area contributed by atoms with Crippen LogP contribution >= 0.6 is 0 Å². The number of hydrogen-bond acceptors (Lipinski definition) is 3. The lowest BCUT2D eigenvalue weighted by atomic mass is 10.0. The number of phenolic OH excluding ortho intramolecular Hbond substituents is 1. The number of aromatic hydroxyl groups is 1. The highest BCUT2D eigenvalue weighted by Gasteiger charge is 2.24. The Kier molecular flexibility index (Phi) is 5.00. The first kappa shape index (κ1) is 15.3. The molecule has 0 saturated carbocycles. The number of rotatable bonds is 4. The number of nitrogens with zero attached hydrogens (tertiary/aromatic N) is 2. The Bertz CT molecular complexity index is 442. The standard InChI is InChI=1S/C16H25FN2O/c1-12(2)11-18-6-8-19(9-7-18)13(3)15-5-4-14(20)10-16(15)17/h4-5,10,12-13,20H,6-9,11H2,1-3H3. The van der Waals surface area contributed by atoms with E-state index < -0.39 is 0 Å².